The highest BCUT2D eigenvalue weighted by Gasteiger charge is 2.06. The maximum absolute atomic E-state index is 12.1. The molecule has 0 radical (unpaired) electrons. The van der Waals surface area contributed by atoms with Gasteiger partial charge in [-0.1, -0.05) is 12.1 Å². The van der Waals surface area contributed by atoms with Crippen molar-refractivity contribution in [2.24, 2.45) is 0 Å². The Labute approximate surface area is 149 Å². The van der Waals surface area contributed by atoms with Gasteiger partial charge in [0.05, 0.1) is 11.6 Å². The van der Waals surface area contributed by atoms with E-state index in [0.717, 1.165) is 28.0 Å². The third-order valence-corrected chi connectivity index (χ3v) is 3.92. The minimum absolute atomic E-state index is 0.122. The summed E-state index contributed by atoms with van der Waals surface area (Å²) in [5.74, 6) is 0.646. The second-order valence-corrected chi connectivity index (χ2v) is 5.80. The summed E-state index contributed by atoms with van der Waals surface area (Å²) in [6.45, 7) is 0.766. The summed E-state index contributed by atoms with van der Waals surface area (Å²) in [6.07, 6.45) is 6.75. The van der Waals surface area contributed by atoms with E-state index < -0.39 is 0 Å². The maximum atomic E-state index is 12.1. The van der Waals surface area contributed by atoms with E-state index >= 15 is 0 Å². The van der Waals surface area contributed by atoms with Gasteiger partial charge in [0.2, 0.25) is 5.91 Å². The zero-order valence-corrected chi connectivity index (χ0v) is 13.9. The van der Waals surface area contributed by atoms with Crippen molar-refractivity contribution in [3.8, 4) is 0 Å². The van der Waals surface area contributed by atoms with Gasteiger partial charge in [0.25, 0.3) is 0 Å². The molecule has 0 aliphatic rings. The van der Waals surface area contributed by atoms with Crippen molar-refractivity contribution in [3.63, 3.8) is 0 Å². The highest BCUT2D eigenvalue weighted by Crippen LogP contribution is 2.22. The first-order chi connectivity index (χ1) is 12.8. The van der Waals surface area contributed by atoms with Crippen LogP contribution in [0.4, 0.5) is 11.5 Å². The van der Waals surface area contributed by atoms with E-state index in [2.05, 4.69) is 20.7 Å². The monoisotopic (exact) mass is 347 g/mol. The molecule has 0 aliphatic carbocycles. The number of benzene rings is 1. The van der Waals surface area contributed by atoms with E-state index in [-0.39, 0.29) is 12.5 Å². The Balaban J connectivity index is 1.41. The number of amides is 1. The molecule has 3 aromatic heterocycles. The molecule has 0 unspecified atom stereocenters. The van der Waals surface area contributed by atoms with Crippen LogP contribution >= 0.6 is 0 Å². The van der Waals surface area contributed by atoms with Crippen molar-refractivity contribution >= 4 is 28.4 Å². The number of rotatable bonds is 6. The van der Waals surface area contributed by atoms with Gasteiger partial charge in [-0.15, -0.1) is 0 Å². The molecule has 7 nitrogen and oxygen atoms in total. The molecule has 1 aromatic carbocycles. The van der Waals surface area contributed by atoms with Gasteiger partial charge in [-0.2, -0.15) is 5.10 Å². The van der Waals surface area contributed by atoms with Gasteiger partial charge in [-0.25, -0.2) is 4.98 Å². The number of hydrogen-bond donors (Lipinski definition) is 2. The lowest BCUT2D eigenvalue weighted by Gasteiger charge is -2.09. The molecule has 0 aliphatic heterocycles. The van der Waals surface area contributed by atoms with E-state index in [9.17, 15) is 4.79 Å². The van der Waals surface area contributed by atoms with Crippen LogP contribution in [0.15, 0.2) is 71.7 Å². The molecule has 0 saturated heterocycles. The third kappa shape index (κ3) is 3.56. The number of carbonyl (C=O) groups excluding carboxylic acids is 1. The number of nitrogens with zero attached hydrogens (tertiary/aromatic N) is 3. The normalized spacial score (nSPS) is 10.8. The molecule has 7 heteroatoms. The Morgan fingerprint density at radius 3 is 3.00 bits per heavy atom. The number of fused-ring (bicyclic) bond motifs is 1. The second-order valence-electron chi connectivity index (χ2n) is 5.80. The summed E-state index contributed by atoms with van der Waals surface area (Å²) < 4.78 is 6.96. The average molecular weight is 347 g/mol. The number of furan rings is 1. The van der Waals surface area contributed by atoms with Crippen molar-refractivity contribution in [2.45, 2.75) is 13.1 Å². The Hall–Kier alpha value is -3.61. The van der Waals surface area contributed by atoms with E-state index in [1.54, 1.807) is 35.6 Å². The minimum atomic E-state index is -0.122. The molecule has 2 N–H and O–H groups in total. The molecular formula is C19H17N5O2. The van der Waals surface area contributed by atoms with Crippen molar-refractivity contribution in [3.05, 3.63) is 72.9 Å². The van der Waals surface area contributed by atoms with Crippen molar-refractivity contribution in [2.75, 3.05) is 10.6 Å². The van der Waals surface area contributed by atoms with Gasteiger partial charge in [-0.3, -0.25) is 9.48 Å². The number of anilines is 2. The summed E-state index contributed by atoms with van der Waals surface area (Å²) in [5, 5.41) is 11.2. The zero-order chi connectivity index (χ0) is 17.8. The zero-order valence-electron chi connectivity index (χ0n) is 13.9. The summed E-state index contributed by atoms with van der Waals surface area (Å²) >= 11 is 0. The molecular weight excluding hydrogens is 330 g/mol. The van der Waals surface area contributed by atoms with Crippen molar-refractivity contribution < 1.29 is 9.21 Å². The lowest BCUT2D eigenvalue weighted by Crippen LogP contribution is -2.19. The first kappa shape index (κ1) is 15.9. The van der Waals surface area contributed by atoms with Crippen LogP contribution in [0.1, 0.15) is 5.56 Å². The first-order valence-electron chi connectivity index (χ1n) is 8.20. The average Bonchev–Trinajstić information content (AvgIpc) is 3.31. The molecule has 0 atom stereocenters. The Morgan fingerprint density at radius 2 is 2.12 bits per heavy atom. The number of hydrogen-bond acceptors (Lipinski definition) is 5. The lowest BCUT2D eigenvalue weighted by molar-refractivity contribution is -0.116. The second kappa shape index (κ2) is 7.10. The third-order valence-electron chi connectivity index (χ3n) is 3.92. The largest absolute Gasteiger partial charge is 0.464 e. The number of pyridine rings is 1. The van der Waals surface area contributed by atoms with E-state index in [1.807, 2.05) is 36.4 Å². The van der Waals surface area contributed by atoms with Gasteiger partial charge >= 0.3 is 0 Å². The fraction of sp³-hybridized carbons (Fsp3) is 0.105. The molecule has 26 heavy (non-hydrogen) atoms. The summed E-state index contributed by atoms with van der Waals surface area (Å²) in [7, 11) is 0. The molecule has 130 valence electrons. The van der Waals surface area contributed by atoms with E-state index in [1.165, 1.54) is 0 Å². The molecule has 4 rings (SSSR count). The van der Waals surface area contributed by atoms with Crippen LogP contribution in [-0.2, 0) is 17.9 Å². The van der Waals surface area contributed by atoms with Crippen molar-refractivity contribution in [1.29, 1.82) is 0 Å². The lowest BCUT2D eigenvalue weighted by atomic mass is 10.2. The predicted octanol–water partition coefficient (Wildman–Crippen LogP) is 3.28. The fourth-order valence-electron chi connectivity index (χ4n) is 2.72. The summed E-state index contributed by atoms with van der Waals surface area (Å²) in [5.41, 5.74) is 2.57. The number of carbonyl (C=O) groups is 1. The van der Waals surface area contributed by atoms with Crippen molar-refractivity contribution in [1.82, 2.24) is 14.8 Å². The highest BCUT2D eigenvalue weighted by atomic mass is 16.3. The van der Waals surface area contributed by atoms with Crippen LogP contribution < -0.4 is 10.6 Å². The van der Waals surface area contributed by atoms with Crippen LogP contribution in [0.2, 0.25) is 0 Å². The smallest absolute Gasteiger partial charge is 0.246 e. The molecule has 3 heterocycles. The summed E-state index contributed by atoms with van der Waals surface area (Å²) in [4.78, 5) is 16.4. The Morgan fingerprint density at radius 1 is 1.15 bits per heavy atom. The number of aromatic nitrogens is 3. The molecule has 4 aromatic rings. The Kier molecular flexibility index (Phi) is 4.34. The van der Waals surface area contributed by atoms with Gasteiger partial charge < -0.3 is 15.1 Å². The number of nitrogens with one attached hydrogen (secondary N) is 2. The van der Waals surface area contributed by atoms with Gasteiger partial charge in [0.15, 0.2) is 0 Å². The van der Waals surface area contributed by atoms with Crippen LogP contribution in [-0.4, -0.2) is 20.7 Å². The predicted molar refractivity (Wildman–Crippen MR) is 98.6 cm³/mol. The Bertz CT molecular complexity index is 1020. The summed E-state index contributed by atoms with van der Waals surface area (Å²) in [6, 6.07) is 13.2. The topological polar surface area (TPSA) is 85.0 Å². The molecule has 0 fully saturated rings. The SMILES string of the molecule is O=C(Cn1cccn1)Nc1cccc(CNc2nccc3occc23)c1. The van der Waals surface area contributed by atoms with Crippen LogP contribution in [0, 0.1) is 0 Å². The van der Waals surface area contributed by atoms with Crippen LogP contribution in [0.25, 0.3) is 11.0 Å². The minimum Gasteiger partial charge on any atom is -0.464 e. The maximum Gasteiger partial charge on any atom is 0.246 e. The quantitative estimate of drug-likeness (QED) is 0.559. The molecule has 0 spiro atoms. The van der Waals surface area contributed by atoms with Gasteiger partial charge in [0.1, 0.15) is 17.9 Å². The highest BCUT2D eigenvalue weighted by molar-refractivity contribution is 5.90. The van der Waals surface area contributed by atoms with Crippen LogP contribution in [0.3, 0.4) is 0 Å². The van der Waals surface area contributed by atoms with Crippen LogP contribution in [0.5, 0.6) is 0 Å². The molecule has 1 amide bonds. The first-order valence-corrected chi connectivity index (χ1v) is 8.20. The molecule has 0 bridgehead atoms. The molecule has 0 saturated carbocycles. The van der Waals surface area contributed by atoms with E-state index in [4.69, 9.17) is 4.42 Å². The van der Waals surface area contributed by atoms with Gasteiger partial charge in [-0.05, 0) is 35.9 Å². The standard InChI is InChI=1S/C19H17N5O2/c25-18(13-24-9-2-7-22-24)23-15-4-1-3-14(11-15)12-21-19-16-6-10-26-17(16)5-8-20-19/h1-11H,12-13H2,(H,20,21)(H,23,25). The van der Waals surface area contributed by atoms with E-state index in [0.29, 0.717) is 6.54 Å². The fourth-order valence-corrected chi connectivity index (χ4v) is 2.72. The van der Waals surface area contributed by atoms with Gasteiger partial charge in [0, 0.05) is 30.8 Å².